The lowest BCUT2D eigenvalue weighted by Crippen LogP contribution is -2.13. The first-order chi connectivity index (χ1) is 9.74. The SMILES string of the molecule is NCc1cc(S(=O)(=O)Nc2c(Cl)cc(Cl)cc2Cl)c(Br)s1. The molecule has 0 aliphatic heterocycles. The maximum atomic E-state index is 12.4. The van der Waals surface area contributed by atoms with Gasteiger partial charge >= 0.3 is 0 Å². The van der Waals surface area contributed by atoms with Crippen molar-refractivity contribution in [1.29, 1.82) is 0 Å². The molecule has 114 valence electrons. The fraction of sp³-hybridized carbons (Fsp3) is 0.0909. The minimum Gasteiger partial charge on any atom is -0.326 e. The Morgan fingerprint density at radius 3 is 2.24 bits per heavy atom. The average Bonchev–Trinajstić information content (AvgIpc) is 2.76. The molecule has 2 aromatic rings. The molecular weight excluding hydrogens is 443 g/mol. The van der Waals surface area contributed by atoms with Gasteiger partial charge in [0.05, 0.1) is 19.5 Å². The van der Waals surface area contributed by atoms with Crippen LogP contribution in [0.5, 0.6) is 0 Å². The molecule has 0 bridgehead atoms. The smallest absolute Gasteiger partial charge is 0.263 e. The summed E-state index contributed by atoms with van der Waals surface area (Å²) in [5.74, 6) is 0. The van der Waals surface area contributed by atoms with E-state index >= 15 is 0 Å². The minimum absolute atomic E-state index is 0.0787. The van der Waals surface area contributed by atoms with Crippen LogP contribution < -0.4 is 10.5 Å². The summed E-state index contributed by atoms with van der Waals surface area (Å²) in [6.45, 7) is 0.251. The maximum Gasteiger partial charge on any atom is 0.263 e. The van der Waals surface area contributed by atoms with Gasteiger partial charge in [0.15, 0.2) is 0 Å². The Labute approximate surface area is 149 Å². The normalized spacial score (nSPS) is 11.7. The Bertz CT molecular complexity index is 770. The van der Waals surface area contributed by atoms with E-state index in [-0.39, 0.29) is 27.2 Å². The summed E-state index contributed by atoms with van der Waals surface area (Å²) in [6, 6.07) is 4.30. The van der Waals surface area contributed by atoms with Crippen LogP contribution in [0.1, 0.15) is 4.88 Å². The molecule has 0 saturated heterocycles. The van der Waals surface area contributed by atoms with Crippen molar-refractivity contribution in [2.24, 2.45) is 5.73 Å². The quantitative estimate of drug-likeness (QED) is 0.707. The lowest BCUT2D eigenvalue weighted by Gasteiger charge is -2.11. The van der Waals surface area contributed by atoms with Gasteiger partial charge in [-0.05, 0) is 34.1 Å². The van der Waals surface area contributed by atoms with E-state index in [0.29, 0.717) is 8.81 Å². The number of nitrogens with two attached hydrogens (primary N) is 1. The number of thiophene rings is 1. The fourth-order valence-corrected chi connectivity index (χ4v) is 6.20. The largest absolute Gasteiger partial charge is 0.326 e. The van der Waals surface area contributed by atoms with Gasteiger partial charge in [0.1, 0.15) is 4.90 Å². The number of sulfonamides is 1. The number of hydrogen-bond acceptors (Lipinski definition) is 4. The summed E-state index contributed by atoms with van der Waals surface area (Å²) in [7, 11) is -3.85. The Balaban J connectivity index is 2.44. The van der Waals surface area contributed by atoms with Crippen molar-refractivity contribution in [3.8, 4) is 0 Å². The fourth-order valence-electron chi connectivity index (χ4n) is 1.51. The molecule has 0 atom stereocenters. The zero-order chi connectivity index (χ0) is 15.8. The van der Waals surface area contributed by atoms with Gasteiger partial charge in [-0.15, -0.1) is 11.3 Å². The second kappa shape index (κ2) is 6.62. The number of hydrogen-bond donors (Lipinski definition) is 2. The summed E-state index contributed by atoms with van der Waals surface area (Å²) in [5, 5.41) is 0.540. The molecule has 0 spiro atoms. The summed E-state index contributed by atoms with van der Waals surface area (Å²) in [4.78, 5) is 0.811. The molecule has 21 heavy (non-hydrogen) atoms. The van der Waals surface area contributed by atoms with Gasteiger partial charge in [0.2, 0.25) is 0 Å². The summed E-state index contributed by atoms with van der Waals surface area (Å²) < 4.78 is 27.6. The van der Waals surface area contributed by atoms with Crippen LogP contribution in [0.2, 0.25) is 15.1 Å². The van der Waals surface area contributed by atoms with Crippen LogP contribution in [0.3, 0.4) is 0 Å². The highest BCUT2D eigenvalue weighted by Crippen LogP contribution is 2.37. The van der Waals surface area contributed by atoms with Gasteiger partial charge in [0, 0.05) is 16.4 Å². The van der Waals surface area contributed by atoms with Gasteiger partial charge in [-0.3, -0.25) is 4.72 Å². The van der Waals surface area contributed by atoms with Crippen LogP contribution in [0.25, 0.3) is 0 Å². The van der Waals surface area contributed by atoms with E-state index in [4.69, 9.17) is 40.5 Å². The number of rotatable bonds is 4. The van der Waals surface area contributed by atoms with E-state index in [1.807, 2.05) is 0 Å². The van der Waals surface area contributed by atoms with E-state index in [2.05, 4.69) is 20.7 Å². The number of anilines is 1. The molecule has 0 saturated carbocycles. The van der Waals surface area contributed by atoms with Crippen LogP contribution in [0.4, 0.5) is 5.69 Å². The molecule has 3 N–H and O–H groups in total. The monoisotopic (exact) mass is 448 g/mol. The molecule has 1 aromatic heterocycles. The van der Waals surface area contributed by atoms with Gasteiger partial charge in [0.25, 0.3) is 10.0 Å². The van der Waals surface area contributed by atoms with Crippen LogP contribution in [0.15, 0.2) is 26.9 Å². The second-order valence-corrected chi connectivity index (χ2v) is 9.26. The Kier molecular flexibility index (Phi) is 5.46. The Hall–Kier alpha value is -0.0200. The van der Waals surface area contributed by atoms with Crippen molar-refractivity contribution < 1.29 is 8.42 Å². The highest BCUT2D eigenvalue weighted by molar-refractivity contribution is 9.11. The number of halogens is 4. The third-order valence-electron chi connectivity index (χ3n) is 2.44. The number of nitrogens with one attached hydrogen (secondary N) is 1. The predicted octanol–water partition coefficient (Wildman–Crippen LogP) is 4.73. The molecule has 1 aromatic carbocycles. The van der Waals surface area contributed by atoms with Crippen molar-refractivity contribution in [2.75, 3.05) is 4.72 Å². The first-order valence-corrected chi connectivity index (χ1v) is 9.63. The minimum atomic E-state index is -3.85. The van der Waals surface area contributed by atoms with Crippen molar-refractivity contribution in [3.05, 3.63) is 41.9 Å². The average molecular weight is 451 g/mol. The Morgan fingerprint density at radius 1 is 1.19 bits per heavy atom. The first-order valence-electron chi connectivity index (χ1n) is 5.40. The first kappa shape index (κ1) is 17.3. The standard InChI is InChI=1S/C11H8BrCl3N2O2S2/c12-11-9(3-6(4-16)20-11)21(18,19)17-10-7(14)1-5(13)2-8(10)15/h1-3,17H,4,16H2. The van der Waals surface area contributed by atoms with Crippen LogP contribution in [-0.2, 0) is 16.6 Å². The number of benzene rings is 1. The van der Waals surface area contributed by atoms with E-state index in [9.17, 15) is 8.42 Å². The van der Waals surface area contributed by atoms with Gasteiger partial charge in [-0.25, -0.2) is 8.42 Å². The second-order valence-electron chi connectivity index (χ2n) is 3.90. The zero-order valence-electron chi connectivity index (χ0n) is 10.2. The predicted molar refractivity (Wildman–Crippen MR) is 92.2 cm³/mol. The van der Waals surface area contributed by atoms with Gasteiger partial charge in [-0.2, -0.15) is 0 Å². The molecule has 0 aliphatic carbocycles. The third-order valence-corrected chi connectivity index (χ3v) is 6.88. The zero-order valence-corrected chi connectivity index (χ0v) is 15.6. The lowest BCUT2D eigenvalue weighted by molar-refractivity contribution is 0.601. The van der Waals surface area contributed by atoms with E-state index in [0.717, 1.165) is 4.88 Å². The highest BCUT2D eigenvalue weighted by Gasteiger charge is 2.23. The topological polar surface area (TPSA) is 72.2 Å². The van der Waals surface area contributed by atoms with Crippen molar-refractivity contribution in [2.45, 2.75) is 11.4 Å². The molecule has 0 radical (unpaired) electrons. The van der Waals surface area contributed by atoms with E-state index in [1.54, 1.807) is 0 Å². The van der Waals surface area contributed by atoms with E-state index < -0.39 is 10.0 Å². The van der Waals surface area contributed by atoms with Gasteiger partial charge < -0.3 is 5.73 Å². The molecule has 4 nitrogen and oxygen atoms in total. The lowest BCUT2D eigenvalue weighted by atomic mass is 10.3. The molecule has 0 amide bonds. The molecule has 0 fully saturated rings. The highest BCUT2D eigenvalue weighted by atomic mass is 79.9. The molecule has 2 rings (SSSR count). The van der Waals surface area contributed by atoms with Gasteiger partial charge in [-0.1, -0.05) is 34.8 Å². The summed E-state index contributed by atoms with van der Waals surface area (Å²) >= 11 is 22.2. The molecule has 1 heterocycles. The molecular formula is C11H8BrCl3N2O2S2. The summed E-state index contributed by atoms with van der Waals surface area (Å²) in [6.07, 6.45) is 0. The Morgan fingerprint density at radius 2 is 1.76 bits per heavy atom. The van der Waals surface area contributed by atoms with Crippen LogP contribution in [-0.4, -0.2) is 8.42 Å². The maximum absolute atomic E-state index is 12.4. The van der Waals surface area contributed by atoms with Crippen molar-refractivity contribution in [3.63, 3.8) is 0 Å². The van der Waals surface area contributed by atoms with Crippen LogP contribution in [0, 0.1) is 0 Å². The van der Waals surface area contributed by atoms with Crippen molar-refractivity contribution >= 4 is 77.8 Å². The third kappa shape index (κ3) is 3.85. The molecule has 0 aliphatic rings. The van der Waals surface area contributed by atoms with Crippen LogP contribution >= 0.6 is 62.1 Å². The van der Waals surface area contributed by atoms with E-state index in [1.165, 1.54) is 29.5 Å². The molecule has 10 heteroatoms. The summed E-state index contributed by atoms with van der Waals surface area (Å²) in [5.41, 5.74) is 5.59. The van der Waals surface area contributed by atoms with Crippen molar-refractivity contribution in [1.82, 2.24) is 0 Å². The molecule has 0 unspecified atom stereocenters.